The first-order valence-corrected chi connectivity index (χ1v) is 6.06. The minimum absolute atomic E-state index is 0.185. The summed E-state index contributed by atoms with van der Waals surface area (Å²) in [5, 5.41) is 0.997. The fraction of sp³-hybridized carbons (Fsp3) is 0.636. The van der Waals surface area contributed by atoms with Gasteiger partial charge in [-0.3, -0.25) is 4.79 Å². The molecule has 0 radical (unpaired) electrons. The van der Waals surface area contributed by atoms with Crippen LogP contribution in [-0.2, 0) is 0 Å². The van der Waals surface area contributed by atoms with Gasteiger partial charge < -0.3 is 4.90 Å². The fourth-order valence-electron chi connectivity index (χ4n) is 2.08. The molecule has 0 aromatic carbocycles. The molecule has 82 valence electrons. The Labute approximate surface area is 94.1 Å². The molecule has 0 atom stereocenters. The van der Waals surface area contributed by atoms with Gasteiger partial charge in [0.1, 0.15) is 0 Å². The highest BCUT2D eigenvalue weighted by Gasteiger charge is 2.33. The zero-order chi connectivity index (χ0) is 11.1. The van der Waals surface area contributed by atoms with E-state index in [4.69, 9.17) is 0 Å². The fourth-order valence-corrected chi connectivity index (χ4v) is 3.15. The molecule has 1 aromatic heterocycles. The third-order valence-electron chi connectivity index (χ3n) is 3.06. The van der Waals surface area contributed by atoms with Crippen molar-refractivity contribution in [1.29, 1.82) is 0 Å². The molecule has 1 aromatic rings. The molecule has 2 rings (SSSR count). The average molecular weight is 224 g/mol. The lowest BCUT2D eigenvalue weighted by atomic mass is 10.0. The first kappa shape index (κ1) is 10.6. The van der Waals surface area contributed by atoms with E-state index in [9.17, 15) is 4.79 Å². The number of nitrogens with zero attached hydrogens (tertiary/aromatic N) is 2. The van der Waals surface area contributed by atoms with E-state index in [0.29, 0.717) is 0 Å². The third-order valence-corrected chi connectivity index (χ3v) is 4.17. The van der Waals surface area contributed by atoms with Crippen LogP contribution in [0.4, 0.5) is 5.13 Å². The van der Waals surface area contributed by atoms with Crippen LogP contribution in [0.2, 0.25) is 0 Å². The number of hydrogen-bond acceptors (Lipinski definition) is 4. The second-order valence-electron chi connectivity index (χ2n) is 4.63. The van der Waals surface area contributed by atoms with Crippen LogP contribution in [0.3, 0.4) is 0 Å². The summed E-state index contributed by atoms with van der Waals surface area (Å²) in [5.41, 5.74) is 1.04. The first-order valence-electron chi connectivity index (χ1n) is 5.25. The predicted octanol–water partition coefficient (Wildman–Crippen LogP) is 2.64. The second-order valence-corrected chi connectivity index (χ2v) is 5.64. The maximum absolute atomic E-state index is 10.8. The van der Waals surface area contributed by atoms with Crippen molar-refractivity contribution < 1.29 is 4.79 Å². The van der Waals surface area contributed by atoms with Crippen molar-refractivity contribution in [1.82, 2.24) is 4.98 Å². The molecular formula is C11H16N2OS. The highest BCUT2D eigenvalue weighted by molar-refractivity contribution is 7.17. The van der Waals surface area contributed by atoms with Crippen molar-refractivity contribution in [3.05, 3.63) is 10.6 Å². The molecule has 1 aliphatic heterocycles. The highest BCUT2D eigenvalue weighted by Crippen LogP contribution is 2.36. The molecule has 3 nitrogen and oxygen atoms in total. The summed E-state index contributed by atoms with van der Waals surface area (Å²) in [4.78, 5) is 18.3. The van der Waals surface area contributed by atoms with E-state index in [2.05, 4.69) is 23.7 Å². The van der Waals surface area contributed by atoms with E-state index in [1.54, 1.807) is 0 Å². The number of rotatable bonds is 2. The molecular weight excluding hydrogens is 208 g/mol. The van der Waals surface area contributed by atoms with Gasteiger partial charge in [-0.2, -0.15) is 0 Å². The Balaban J connectivity index is 2.33. The van der Waals surface area contributed by atoms with E-state index in [1.165, 1.54) is 24.2 Å². The number of carbonyl (C=O) groups excluding carboxylic acids is 1. The van der Waals surface area contributed by atoms with Crippen molar-refractivity contribution in [2.75, 3.05) is 11.4 Å². The Morgan fingerprint density at radius 3 is 2.73 bits per heavy atom. The van der Waals surface area contributed by atoms with Crippen LogP contribution < -0.4 is 4.90 Å². The molecule has 2 heterocycles. The predicted molar refractivity (Wildman–Crippen MR) is 62.9 cm³/mol. The number of anilines is 1. The quantitative estimate of drug-likeness (QED) is 0.724. The lowest BCUT2D eigenvalue weighted by molar-refractivity contribution is 0.112. The Bertz CT molecular complexity index is 384. The van der Waals surface area contributed by atoms with Crippen molar-refractivity contribution >= 4 is 22.8 Å². The molecule has 1 fully saturated rings. The van der Waals surface area contributed by atoms with Gasteiger partial charge in [0.2, 0.25) is 0 Å². The standard InChI is InChI=1S/C11H16N2OS/c1-8-9(7-14)15-10(12-8)13-6-4-5-11(13,2)3/h7H,4-6H2,1-3H3. The van der Waals surface area contributed by atoms with Crippen LogP contribution in [-0.4, -0.2) is 23.4 Å². The lowest BCUT2D eigenvalue weighted by Gasteiger charge is -2.31. The van der Waals surface area contributed by atoms with Gasteiger partial charge in [-0.25, -0.2) is 4.98 Å². The number of hydrogen-bond donors (Lipinski definition) is 0. The minimum atomic E-state index is 0.185. The Morgan fingerprint density at radius 2 is 2.27 bits per heavy atom. The molecule has 0 saturated carbocycles. The normalized spacial score (nSPS) is 19.5. The number of aldehydes is 1. The van der Waals surface area contributed by atoms with Crippen LogP contribution >= 0.6 is 11.3 Å². The molecule has 1 aliphatic rings. The topological polar surface area (TPSA) is 33.2 Å². The maximum Gasteiger partial charge on any atom is 0.186 e. The van der Waals surface area contributed by atoms with Crippen LogP contribution in [0.5, 0.6) is 0 Å². The van der Waals surface area contributed by atoms with Gasteiger partial charge in [-0.15, -0.1) is 0 Å². The number of aryl methyl sites for hydroxylation is 1. The lowest BCUT2D eigenvalue weighted by Crippen LogP contribution is -2.38. The summed E-state index contributed by atoms with van der Waals surface area (Å²) < 4.78 is 0. The maximum atomic E-state index is 10.8. The summed E-state index contributed by atoms with van der Waals surface area (Å²) in [6.45, 7) is 7.42. The van der Waals surface area contributed by atoms with Gasteiger partial charge in [-0.05, 0) is 33.6 Å². The zero-order valence-corrected chi connectivity index (χ0v) is 10.2. The van der Waals surface area contributed by atoms with Gasteiger partial charge in [-0.1, -0.05) is 11.3 Å². The minimum Gasteiger partial charge on any atom is -0.343 e. The van der Waals surface area contributed by atoms with Gasteiger partial charge >= 0.3 is 0 Å². The van der Waals surface area contributed by atoms with Crippen molar-refractivity contribution in [3.63, 3.8) is 0 Å². The van der Waals surface area contributed by atoms with Gasteiger partial charge in [0.15, 0.2) is 11.4 Å². The SMILES string of the molecule is Cc1nc(N2CCCC2(C)C)sc1C=O. The molecule has 15 heavy (non-hydrogen) atoms. The number of carbonyl (C=O) groups is 1. The van der Waals surface area contributed by atoms with Gasteiger partial charge in [0.25, 0.3) is 0 Å². The van der Waals surface area contributed by atoms with Crippen LogP contribution in [0.1, 0.15) is 42.1 Å². The van der Waals surface area contributed by atoms with E-state index in [-0.39, 0.29) is 5.54 Å². The van der Waals surface area contributed by atoms with Crippen LogP contribution in [0.25, 0.3) is 0 Å². The van der Waals surface area contributed by atoms with E-state index < -0.39 is 0 Å². The molecule has 1 saturated heterocycles. The largest absolute Gasteiger partial charge is 0.343 e. The molecule has 0 bridgehead atoms. The average Bonchev–Trinajstić information content (AvgIpc) is 2.68. The smallest absolute Gasteiger partial charge is 0.186 e. The van der Waals surface area contributed by atoms with Gasteiger partial charge in [0, 0.05) is 12.1 Å². The van der Waals surface area contributed by atoms with E-state index in [0.717, 1.165) is 28.5 Å². The third kappa shape index (κ3) is 1.78. The monoisotopic (exact) mass is 224 g/mol. The number of thiazole rings is 1. The summed E-state index contributed by atoms with van der Waals surface area (Å²) in [7, 11) is 0. The summed E-state index contributed by atoms with van der Waals surface area (Å²) in [6.07, 6.45) is 3.31. The Kier molecular flexibility index (Phi) is 2.54. The van der Waals surface area contributed by atoms with Crippen LogP contribution in [0.15, 0.2) is 0 Å². The molecule has 0 unspecified atom stereocenters. The summed E-state index contributed by atoms with van der Waals surface area (Å²) in [6, 6.07) is 0. The Morgan fingerprint density at radius 1 is 1.53 bits per heavy atom. The number of aromatic nitrogens is 1. The molecule has 0 spiro atoms. The van der Waals surface area contributed by atoms with Gasteiger partial charge in [0.05, 0.1) is 10.6 Å². The second kappa shape index (κ2) is 3.59. The van der Waals surface area contributed by atoms with E-state index in [1.807, 2.05) is 6.92 Å². The molecule has 4 heteroatoms. The van der Waals surface area contributed by atoms with Crippen molar-refractivity contribution in [2.24, 2.45) is 0 Å². The Hall–Kier alpha value is -0.900. The summed E-state index contributed by atoms with van der Waals surface area (Å²) >= 11 is 1.51. The first-order chi connectivity index (χ1) is 7.04. The highest BCUT2D eigenvalue weighted by atomic mass is 32.1. The summed E-state index contributed by atoms with van der Waals surface area (Å²) in [5.74, 6) is 0. The van der Waals surface area contributed by atoms with E-state index >= 15 is 0 Å². The molecule has 0 aliphatic carbocycles. The molecule has 0 N–H and O–H groups in total. The van der Waals surface area contributed by atoms with Crippen LogP contribution in [0, 0.1) is 6.92 Å². The zero-order valence-electron chi connectivity index (χ0n) is 9.41. The molecule has 0 amide bonds. The van der Waals surface area contributed by atoms with Crippen molar-refractivity contribution in [2.45, 2.75) is 39.2 Å². The van der Waals surface area contributed by atoms with Crippen molar-refractivity contribution in [3.8, 4) is 0 Å².